The van der Waals surface area contributed by atoms with Crippen LogP contribution in [-0.4, -0.2) is 45.4 Å². The molecule has 1 aliphatic rings. The maximum atomic E-state index is 15.4. The summed E-state index contributed by atoms with van der Waals surface area (Å²) < 4.78 is 34.1. The molecule has 1 atom stereocenters. The second-order valence-electron chi connectivity index (χ2n) is 9.92. The molecule has 1 saturated heterocycles. The van der Waals surface area contributed by atoms with Crippen LogP contribution < -0.4 is 9.47 Å². The number of carboxylic acid groups (broad SMARTS) is 1. The van der Waals surface area contributed by atoms with E-state index in [0.717, 1.165) is 34.6 Å². The van der Waals surface area contributed by atoms with Gasteiger partial charge in [-0.3, -0.25) is 0 Å². The number of aromatic carboxylic acids is 1. The Bertz CT molecular complexity index is 1710. The fourth-order valence-corrected chi connectivity index (χ4v) is 4.86. The van der Waals surface area contributed by atoms with Crippen LogP contribution in [0, 0.1) is 5.82 Å². The van der Waals surface area contributed by atoms with E-state index < -0.39 is 11.8 Å². The number of imidazole rings is 1. The zero-order valence-corrected chi connectivity index (χ0v) is 22.4. The van der Waals surface area contributed by atoms with Crippen molar-refractivity contribution in [2.75, 3.05) is 13.7 Å². The number of nitrogens with zero attached hydrogens (tertiary/aromatic N) is 3. The second kappa shape index (κ2) is 11.4. The molecule has 5 aromatic rings. The van der Waals surface area contributed by atoms with Crippen LogP contribution >= 0.6 is 0 Å². The highest BCUT2D eigenvalue weighted by Crippen LogP contribution is 2.27. The number of ether oxygens (including phenoxy) is 3. The van der Waals surface area contributed by atoms with E-state index >= 15 is 4.39 Å². The molecule has 8 nitrogen and oxygen atoms in total. The Morgan fingerprint density at radius 1 is 1.05 bits per heavy atom. The Morgan fingerprint density at radius 3 is 2.56 bits per heavy atom. The molecule has 0 saturated carbocycles. The van der Waals surface area contributed by atoms with Crippen molar-refractivity contribution in [1.29, 1.82) is 0 Å². The van der Waals surface area contributed by atoms with Crippen molar-refractivity contribution in [2.45, 2.75) is 32.1 Å². The molecule has 3 heterocycles. The van der Waals surface area contributed by atoms with Gasteiger partial charge >= 0.3 is 5.97 Å². The molecule has 9 heteroatoms. The highest BCUT2D eigenvalue weighted by molar-refractivity contribution is 5.92. The topological polar surface area (TPSA) is 95.7 Å². The van der Waals surface area contributed by atoms with Gasteiger partial charge in [-0.2, -0.15) is 0 Å². The van der Waals surface area contributed by atoms with Gasteiger partial charge in [0.2, 0.25) is 5.88 Å². The van der Waals surface area contributed by atoms with E-state index in [1.165, 1.54) is 6.07 Å². The van der Waals surface area contributed by atoms with E-state index in [0.29, 0.717) is 48.8 Å². The molecule has 208 valence electrons. The summed E-state index contributed by atoms with van der Waals surface area (Å²) in [5.41, 5.74) is 4.14. The number of carboxylic acids is 1. The first-order valence-electron chi connectivity index (χ1n) is 13.3. The van der Waals surface area contributed by atoms with Crippen molar-refractivity contribution in [2.24, 2.45) is 0 Å². The SMILES string of the molecule is COc1ccc(COc2cccc(-c3ccc(Cc4nc5ccc(C(=O)O)cc5n4C[C@@H]4CCO4)cc3F)n2)cc1. The van der Waals surface area contributed by atoms with E-state index in [1.807, 2.05) is 34.9 Å². The van der Waals surface area contributed by atoms with Gasteiger partial charge in [-0.25, -0.2) is 19.2 Å². The first-order valence-corrected chi connectivity index (χ1v) is 13.3. The minimum atomic E-state index is -0.998. The van der Waals surface area contributed by atoms with E-state index in [2.05, 4.69) is 4.98 Å². The zero-order chi connectivity index (χ0) is 28.3. The first-order chi connectivity index (χ1) is 20.0. The third kappa shape index (κ3) is 5.76. The quantitative estimate of drug-likeness (QED) is 0.230. The maximum absolute atomic E-state index is 15.4. The van der Waals surface area contributed by atoms with Gasteiger partial charge in [0.15, 0.2) is 0 Å². The number of benzene rings is 3. The third-order valence-electron chi connectivity index (χ3n) is 7.19. The Kier molecular flexibility index (Phi) is 7.35. The van der Waals surface area contributed by atoms with E-state index in [1.54, 1.807) is 49.6 Å². The summed E-state index contributed by atoms with van der Waals surface area (Å²) in [4.78, 5) is 20.8. The number of hydrogen-bond donors (Lipinski definition) is 1. The number of pyridine rings is 1. The molecule has 0 amide bonds. The predicted molar refractivity (Wildman–Crippen MR) is 151 cm³/mol. The average Bonchev–Trinajstić information content (AvgIpc) is 3.30. The fraction of sp³-hybridized carbons (Fsp3) is 0.219. The Morgan fingerprint density at radius 2 is 1.85 bits per heavy atom. The summed E-state index contributed by atoms with van der Waals surface area (Å²) in [7, 11) is 1.62. The van der Waals surface area contributed by atoms with Crippen LogP contribution in [-0.2, 0) is 24.3 Å². The van der Waals surface area contributed by atoms with Crippen molar-refractivity contribution in [3.8, 4) is 22.9 Å². The summed E-state index contributed by atoms with van der Waals surface area (Å²) in [6, 6.07) is 22.8. The molecule has 0 spiro atoms. The number of rotatable bonds is 10. The second-order valence-corrected chi connectivity index (χ2v) is 9.92. The van der Waals surface area contributed by atoms with Crippen molar-refractivity contribution >= 4 is 17.0 Å². The zero-order valence-electron chi connectivity index (χ0n) is 22.4. The average molecular weight is 554 g/mol. The number of fused-ring (bicyclic) bond motifs is 1. The number of hydrogen-bond acceptors (Lipinski definition) is 6. The molecular weight excluding hydrogens is 525 g/mol. The number of halogens is 1. The molecule has 1 aliphatic heterocycles. The minimum absolute atomic E-state index is 0.0454. The van der Waals surface area contributed by atoms with Gasteiger partial charge in [0.1, 0.15) is 24.0 Å². The van der Waals surface area contributed by atoms with E-state index in [-0.39, 0.29) is 11.7 Å². The van der Waals surface area contributed by atoms with Crippen molar-refractivity contribution in [3.05, 3.63) is 107 Å². The van der Waals surface area contributed by atoms with Crippen LogP contribution in [0.2, 0.25) is 0 Å². The molecule has 0 unspecified atom stereocenters. The molecule has 6 rings (SSSR count). The summed E-state index contributed by atoms with van der Waals surface area (Å²) in [6.45, 7) is 1.59. The summed E-state index contributed by atoms with van der Waals surface area (Å²) in [5, 5.41) is 9.47. The van der Waals surface area contributed by atoms with Gasteiger partial charge in [-0.1, -0.05) is 24.3 Å². The van der Waals surface area contributed by atoms with Gasteiger partial charge in [0, 0.05) is 24.7 Å². The summed E-state index contributed by atoms with van der Waals surface area (Å²) in [6.07, 6.45) is 1.35. The standard InChI is InChI=1S/C32H28FN3O5/c1-39-23-9-5-20(6-10-23)19-41-31-4-2-3-27(35-31)25-11-7-21(15-26(25)33)16-30-34-28-12-8-22(32(37)38)17-29(28)36(30)18-24-13-14-40-24/h2-12,15,17,24H,13-14,16,18-19H2,1H3,(H,37,38)/t24-/m0/s1. The van der Waals surface area contributed by atoms with Crippen LogP contribution in [0.3, 0.4) is 0 Å². The number of aromatic nitrogens is 3. The molecule has 1 fully saturated rings. The molecule has 41 heavy (non-hydrogen) atoms. The van der Waals surface area contributed by atoms with Gasteiger partial charge in [-0.05, 0) is 66.1 Å². The molecule has 0 radical (unpaired) electrons. The highest BCUT2D eigenvalue weighted by atomic mass is 19.1. The smallest absolute Gasteiger partial charge is 0.335 e. The molecular formula is C32H28FN3O5. The van der Waals surface area contributed by atoms with Crippen LogP contribution in [0.5, 0.6) is 11.6 Å². The highest BCUT2D eigenvalue weighted by Gasteiger charge is 2.23. The molecule has 2 aromatic heterocycles. The normalized spacial score (nSPS) is 14.5. The lowest BCUT2D eigenvalue weighted by molar-refractivity contribution is -0.0589. The van der Waals surface area contributed by atoms with Crippen LogP contribution in [0.25, 0.3) is 22.3 Å². The minimum Gasteiger partial charge on any atom is -0.497 e. The largest absolute Gasteiger partial charge is 0.497 e. The lowest BCUT2D eigenvalue weighted by Crippen LogP contribution is -2.31. The van der Waals surface area contributed by atoms with Crippen molar-refractivity contribution in [1.82, 2.24) is 14.5 Å². The monoisotopic (exact) mass is 553 g/mol. The summed E-state index contributed by atoms with van der Waals surface area (Å²) in [5.74, 6) is 0.486. The van der Waals surface area contributed by atoms with Gasteiger partial charge < -0.3 is 23.9 Å². The molecule has 3 aromatic carbocycles. The molecule has 0 aliphatic carbocycles. The number of methoxy groups -OCH3 is 1. The number of carbonyl (C=O) groups is 1. The van der Waals surface area contributed by atoms with Crippen molar-refractivity contribution in [3.63, 3.8) is 0 Å². The predicted octanol–water partition coefficient (Wildman–Crippen LogP) is 5.90. The van der Waals surface area contributed by atoms with Crippen LogP contribution in [0.15, 0.2) is 78.9 Å². The van der Waals surface area contributed by atoms with Gasteiger partial charge in [0.05, 0.1) is 42.0 Å². The van der Waals surface area contributed by atoms with Gasteiger partial charge in [-0.15, -0.1) is 0 Å². The Balaban J connectivity index is 1.22. The molecule has 1 N–H and O–H groups in total. The Hall–Kier alpha value is -4.76. The van der Waals surface area contributed by atoms with E-state index in [9.17, 15) is 9.90 Å². The Labute approximate surface area is 236 Å². The van der Waals surface area contributed by atoms with Crippen LogP contribution in [0.4, 0.5) is 4.39 Å². The van der Waals surface area contributed by atoms with E-state index in [4.69, 9.17) is 19.2 Å². The summed E-state index contributed by atoms with van der Waals surface area (Å²) >= 11 is 0. The lowest BCUT2D eigenvalue weighted by atomic mass is 10.1. The van der Waals surface area contributed by atoms with Crippen LogP contribution in [0.1, 0.15) is 33.7 Å². The third-order valence-corrected chi connectivity index (χ3v) is 7.19. The molecule has 0 bridgehead atoms. The lowest BCUT2D eigenvalue weighted by Gasteiger charge is -2.27. The first kappa shape index (κ1) is 26.5. The maximum Gasteiger partial charge on any atom is 0.335 e. The van der Waals surface area contributed by atoms with Gasteiger partial charge in [0.25, 0.3) is 0 Å². The fourth-order valence-electron chi connectivity index (χ4n) is 4.86. The van der Waals surface area contributed by atoms with Crippen molar-refractivity contribution < 1.29 is 28.5 Å².